The van der Waals surface area contributed by atoms with Crippen LogP contribution in [0.3, 0.4) is 0 Å². The number of aromatic amines is 3. The molecule has 0 bridgehead atoms. The molecular formula is C26H54IN11O13. The Bertz CT molecular complexity index is 1570. The van der Waals surface area contributed by atoms with Gasteiger partial charge in [0.05, 0.1) is 30.8 Å². The van der Waals surface area contributed by atoms with Gasteiger partial charge < -0.3 is 39.9 Å². The molecule has 0 aliphatic heterocycles. The highest BCUT2D eigenvalue weighted by molar-refractivity contribution is 14.0. The Morgan fingerprint density at radius 3 is 1.53 bits per heavy atom. The summed E-state index contributed by atoms with van der Waals surface area (Å²) in [4.78, 5) is 70.5. The van der Waals surface area contributed by atoms with E-state index in [0.717, 1.165) is 6.07 Å². The summed E-state index contributed by atoms with van der Waals surface area (Å²) in [6.07, 6.45) is 0. The number of rotatable bonds is 15. The van der Waals surface area contributed by atoms with Crippen molar-refractivity contribution in [2.45, 2.75) is 37.1 Å². The number of halogens is 1. The fourth-order valence-electron chi connectivity index (χ4n) is 2.55. The summed E-state index contributed by atoms with van der Waals surface area (Å²) in [5.41, 5.74) is 9.69. The number of aromatic nitrogens is 6. The minimum Gasteiger partial charge on any atom is -0.462 e. The predicted molar refractivity (Wildman–Crippen MR) is 204 cm³/mol. The molecule has 0 saturated carbocycles. The van der Waals surface area contributed by atoms with Crippen LogP contribution in [0.1, 0.15) is 38.6 Å². The zero-order valence-corrected chi connectivity index (χ0v) is 26.6. The average molecular weight is 858 g/mol. The molecule has 24 nitrogen and oxygen atoms in total. The van der Waals surface area contributed by atoms with E-state index in [1.54, 1.807) is 12.5 Å². The van der Waals surface area contributed by atoms with E-state index in [4.69, 9.17) is 40.5 Å². The van der Waals surface area contributed by atoms with Gasteiger partial charge in [-0.2, -0.15) is 15.0 Å². The van der Waals surface area contributed by atoms with Crippen LogP contribution in [0.5, 0.6) is 18.0 Å². The van der Waals surface area contributed by atoms with E-state index in [1.807, 2.05) is 0 Å². The SMILES string of the molecule is C.C.C.C.C.COCCOc1nc(N)c([N+](=O)[O-])c(=O)[nH]1.COCCOc1nc(N)cc(=O)[nH]1.COCCOc1nc(N[N+](=O)[O-])cc(=O)[nH]1.[2HH].[2H]I. The highest BCUT2D eigenvalue weighted by Crippen LogP contribution is 2.14. The van der Waals surface area contributed by atoms with Gasteiger partial charge in [0, 0.05) is 28.8 Å². The minimum absolute atomic E-state index is 0. The van der Waals surface area contributed by atoms with Gasteiger partial charge in [-0.1, -0.05) is 42.6 Å². The number of hydrogen-bond donors (Lipinski definition) is 6. The number of hydrazine groups is 1. The van der Waals surface area contributed by atoms with Crippen LogP contribution < -0.4 is 47.8 Å². The van der Waals surface area contributed by atoms with Crippen molar-refractivity contribution in [1.29, 1.82) is 0.594 Å². The van der Waals surface area contributed by atoms with Crippen LogP contribution in [0.4, 0.5) is 23.1 Å². The predicted octanol–water partition coefficient (Wildman–Crippen LogP) is 2.11. The number of nitrogens with zero attached hydrogens (tertiary/aromatic N) is 5. The fourth-order valence-corrected chi connectivity index (χ4v) is 2.55. The molecule has 0 amide bonds. The van der Waals surface area contributed by atoms with Crippen molar-refractivity contribution in [3.05, 3.63) is 63.4 Å². The molecule has 0 aromatic carbocycles. The third kappa shape index (κ3) is 24.6. The minimum atomic E-state index is -0.954. The van der Waals surface area contributed by atoms with Gasteiger partial charge in [0.2, 0.25) is 11.6 Å². The molecule has 3 rings (SSSR count). The fraction of sp³-hybridized carbons (Fsp3) is 0.538. The van der Waals surface area contributed by atoms with Gasteiger partial charge in [-0.05, 0) is 0 Å². The molecule has 3 aromatic rings. The number of H-pyrrole nitrogens is 3. The highest BCUT2D eigenvalue weighted by Gasteiger charge is 2.20. The summed E-state index contributed by atoms with van der Waals surface area (Å²) >= 11 is 1.40. The molecule has 8 N–H and O–H groups in total. The Morgan fingerprint density at radius 2 is 1.16 bits per heavy atom. The first-order valence-corrected chi connectivity index (χ1v) is 12.2. The molecule has 25 heteroatoms. The Kier molecular flexibility index (Phi) is 34.8. The van der Waals surface area contributed by atoms with Crippen molar-refractivity contribution < 1.29 is 39.8 Å². The smallest absolute Gasteiger partial charge is 0.375 e. The number of hydrogen-bond acceptors (Lipinski definition) is 18. The number of ether oxygens (including phenoxy) is 6. The summed E-state index contributed by atoms with van der Waals surface area (Å²) < 4.78 is 34.9. The van der Waals surface area contributed by atoms with E-state index in [0.29, 0.717) is 26.4 Å². The summed E-state index contributed by atoms with van der Waals surface area (Å²) in [6.45, 7) is 1.69. The first-order chi connectivity index (χ1) is 22.4. The maximum atomic E-state index is 11.2. The zero-order chi connectivity index (χ0) is 35.8. The number of anilines is 3. The number of methoxy groups -OCH3 is 3. The van der Waals surface area contributed by atoms with Gasteiger partial charge in [-0.15, -0.1) is 23.8 Å². The number of nitro groups is 2. The summed E-state index contributed by atoms with van der Waals surface area (Å²) in [6, 6.07) is 1.97. The molecule has 0 radical (unpaired) electrons. The highest BCUT2D eigenvalue weighted by atomic mass is 127. The maximum absolute atomic E-state index is 11.2. The lowest BCUT2D eigenvalue weighted by molar-refractivity contribution is -0.445. The molecule has 0 fully saturated rings. The number of nitrogen functional groups attached to an aromatic ring is 2. The average Bonchev–Trinajstić information content (AvgIpc) is 2.98. The summed E-state index contributed by atoms with van der Waals surface area (Å²) in [7, 11) is 4.52. The van der Waals surface area contributed by atoms with E-state index in [-0.39, 0.29) is 87.0 Å². The molecule has 3 heterocycles. The zero-order valence-electron chi connectivity index (χ0n) is 25.5. The van der Waals surface area contributed by atoms with Gasteiger partial charge >= 0.3 is 11.2 Å². The molecule has 298 valence electrons. The Labute approximate surface area is 313 Å². The Morgan fingerprint density at radius 1 is 0.745 bits per heavy atom. The van der Waals surface area contributed by atoms with E-state index in [9.17, 15) is 34.6 Å². The molecular weight excluding hydrogens is 801 g/mol. The normalized spacial score (nSPS) is 8.90. The van der Waals surface area contributed by atoms with Gasteiger partial charge in [-0.3, -0.25) is 39.4 Å². The molecule has 0 saturated heterocycles. The maximum Gasteiger partial charge on any atom is 0.375 e. The van der Waals surface area contributed by atoms with Gasteiger partial charge in [0.15, 0.2) is 5.03 Å². The molecule has 51 heavy (non-hydrogen) atoms. The van der Waals surface area contributed by atoms with Crippen molar-refractivity contribution in [3.8, 4) is 18.0 Å². The van der Waals surface area contributed by atoms with Crippen LogP contribution in [0, 0.1) is 20.2 Å². The third-order valence-corrected chi connectivity index (χ3v) is 4.33. The van der Waals surface area contributed by atoms with Crippen LogP contribution in [-0.4, -0.2) is 101 Å². The topological polar surface area (TPSA) is 343 Å². The molecule has 0 aliphatic carbocycles. The van der Waals surface area contributed by atoms with Crippen molar-refractivity contribution in [3.63, 3.8) is 0 Å². The van der Waals surface area contributed by atoms with E-state index in [1.165, 1.54) is 44.1 Å². The van der Waals surface area contributed by atoms with Crippen LogP contribution in [0.2, 0.25) is 0 Å². The van der Waals surface area contributed by atoms with Gasteiger partial charge in [0.25, 0.3) is 29.1 Å². The van der Waals surface area contributed by atoms with E-state index < -0.39 is 32.6 Å². The second kappa shape index (κ2) is 32.1. The number of nitrogens with two attached hydrogens (primary N) is 2. The van der Waals surface area contributed by atoms with Crippen LogP contribution in [0.15, 0.2) is 26.5 Å². The lowest BCUT2D eigenvalue weighted by atomic mass is 10.5. The van der Waals surface area contributed by atoms with E-state index >= 15 is 0 Å². The monoisotopic (exact) mass is 857 g/mol. The summed E-state index contributed by atoms with van der Waals surface area (Å²) in [5, 5.41) is 19.7. The molecule has 0 atom stereocenters. The first-order valence-electron chi connectivity index (χ1n) is 12.6. The number of nitrogens with one attached hydrogen (secondary N) is 4. The van der Waals surface area contributed by atoms with Gasteiger partial charge in [0.1, 0.15) is 26.2 Å². The van der Waals surface area contributed by atoms with Crippen LogP contribution in [0.25, 0.3) is 0 Å². The summed E-state index contributed by atoms with van der Waals surface area (Å²) in [5.74, 6) is -0.543. The lowest BCUT2D eigenvalue weighted by Crippen LogP contribution is -2.18. The molecule has 3 aromatic heterocycles. The largest absolute Gasteiger partial charge is 0.462 e. The first kappa shape index (κ1) is 55.3. The molecule has 0 unspecified atom stereocenters. The van der Waals surface area contributed by atoms with Gasteiger partial charge in [-0.25, -0.2) is 10.1 Å². The van der Waals surface area contributed by atoms with Crippen molar-refractivity contribution >= 4 is 46.9 Å². The quantitative estimate of drug-likeness (QED) is 0.0551. The Balaban J connectivity index is -0.000000111. The van der Waals surface area contributed by atoms with E-state index in [2.05, 4.69) is 29.9 Å². The lowest BCUT2D eigenvalue weighted by Gasteiger charge is -2.04. The molecule has 0 aliphatic rings. The van der Waals surface area contributed by atoms with Crippen LogP contribution in [-0.2, 0) is 14.2 Å². The van der Waals surface area contributed by atoms with Crippen molar-refractivity contribution in [2.75, 3.05) is 77.9 Å². The Hall–Kier alpha value is -5.15. The standard InChI is InChI=1S/2C7H10N4O5.C7H11N3O3.5CH4.HI.H2/c1-15-2-3-16-7-9-5(8)4(11(13)14)6(12)10-7;1-15-2-3-16-7-8-5(10-11(13)14)4-6(12)9-7;1-12-2-3-13-7-9-5(8)4-6(11)10-7;;;;;;;/h2-3H2,1H3,(H3,8,9,10,12);4H,2-3H2,1H3,(H2,8,9,10,12);4H,2-3H2,1H3,(H3,8,9,10,11);5*1H4;2*1H/i;;;;;;;;;1+1/hD. The second-order valence-corrected chi connectivity index (χ2v) is 7.67. The van der Waals surface area contributed by atoms with Crippen LogP contribution >= 0.6 is 23.8 Å². The third-order valence-electron chi connectivity index (χ3n) is 4.33. The van der Waals surface area contributed by atoms with Crippen molar-refractivity contribution in [2.24, 2.45) is 0 Å². The second-order valence-electron chi connectivity index (χ2n) is 7.67. The van der Waals surface area contributed by atoms with Crippen molar-refractivity contribution in [1.82, 2.24) is 29.9 Å². The molecule has 0 spiro atoms.